The Hall–Kier alpha value is -2.29. The van der Waals surface area contributed by atoms with Crippen LogP contribution in [0.25, 0.3) is 11.6 Å². The van der Waals surface area contributed by atoms with E-state index in [9.17, 15) is 9.90 Å². The monoisotopic (exact) mass is 213 g/mol. The van der Waals surface area contributed by atoms with Crippen molar-refractivity contribution in [1.82, 2.24) is 0 Å². The number of phenolic OH excluding ortho intramolecular Hbond substituents is 1. The Morgan fingerprint density at radius 2 is 2.06 bits per heavy atom. The number of Topliss-reactive ketones (excluding diaryl/α,β-unsaturated/α-hetero) is 1. The maximum Gasteiger partial charge on any atom is 0.197 e. The summed E-state index contributed by atoms with van der Waals surface area (Å²) in [5.41, 5.74) is 1.87. The summed E-state index contributed by atoms with van der Waals surface area (Å²) in [6.07, 6.45) is 3.31. The molecule has 1 aromatic heterocycles. The molecule has 1 aromatic carbocycles. The van der Waals surface area contributed by atoms with E-state index in [-0.39, 0.29) is 11.5 Å². The third-order valence-corrected chi connectivity index (χ3v) is 2.61. The minimum absolute atomic E-state index is 0.0983. The number of hydrogen-bond donors (Lipinski definition) is 1. The van der Waals surface area contributed by atoms with E-state index < -0.39 is 0 Å². The van der Waals surface area contributed by atoms with Crippen molar-refractivity contribution in [3.63, 3.8) is 0 Å². The van der Waals surface area contributed by atoms with Crippen LogP contribution < -0.4 is 0 Å². The van der Waals surface area contributed by atoms with Gasteiger partial charge in [-0.05, 0) is 35.9 Å². The highest BCUT2D eigenvalue weighted by molar-refractivity contribution is 6.36. The van der Waals surface area contributed by atoms with Gasteiger partial charge in [-0.15, -0.1) is 0 Å². The van der Waals surface area contributed by atoms with E-state index in [1.54, 1.807) is 30.3 Å². The minimum atomic E-state index is -0.110. The fraction of sp³-hybridized carbons (Fsp3) is 0. The zero-order valence-corrected chi connectivity index (χ0v) is 8.31. The van der Waals surface area contributed by atoms with Gasteiger partial charge in [0.2, 0.25) is 0 Å². The van der Waals surface area contributed by atoms with Crippen molar-refractivity contribution in [2.75, 3.05) is 0 Å². The number of phenols is 1. The van der Waals surface area contributed by atoms with Gasteiger partial charge in [-0.2, -0.15) is 0 Å². The molecule has 0 atom stereocenters. The SMILES string of the molecule is O=[13C]1C(c2ccco2)=Cc2ccc(O)cc21. The normalized spacial score (nSPS) is 13.8. The lowest BCUT2D eigenvalue weighted by atomic mass is 10.2. The Morgan fingerprint density at radius 3 is 2.81 bits per heavy atom. The summed E-state index contributed by atoms with van der Waals surface area (Å²) < 4.78 is 5.20. The number of furan rings is 1. The molecule has 0 unspecified atom stereocenters. The van der Waals surface area contributed by atoms with Gasteiger partial charge in [0.25, 0.3) is 0 Å². The van der Waals surface area contributed by atoms with Crippen molar-refractivity contribution in [1.29, 1.82) is 0 Å². The Labute approximate surface area is 91.6 Å². The van der Waals surface area contributed by atoms with Crippen LogP contribution in [0.5, 0.6) is 5.75 Å². The van der Waals surface area contributed by atoms with E-state index in [1.165, 1.54) is 12.3 Å². The average Bonchev–Trinajstić information content (AvgIpc) is 2.87. The minimum Gasteiger partial charge on any atom is -0.508 e. The summed E-state index contributed by atoms with van der Waals surface area (Å²) in [4.78, 5) is 12.0. The number of allylic oxidation sites excluding steroid dienone is 1. The van der Waals surface area contributed by atoms with Gasteiger partial charge in [-0.1, -0.05) is 6.07 Å². The van der Waals surface area contributed by atoms with Crippen molar-refractivity contribution in [2.45, 2.75) is 0 Å². The predicted octanol–water partition coefficient (Wildman–Crippen LogP) is 2.72. The zero-order chi connectivity index (χ0) is 11.1. The average molecular weight is 213 g/mol. The summed E-state index contributed by atoms with van der Waals surface area (Å²) in [6, 6.07) is 8.25. The summed E-state index contributed by atoms with van der Waals surface area (Å²) in [5.74, 6) is 0.544. The fourth-order valence-electron chi connectivity index (χ4n) is 1.85. The number of carbonyl (C=O) groups excluding carboxylic acids is 1. The molecule has 3 nitrogen and oxygen atoms in total. The predicted molar refractivity (Wildman–Crippen MR) is 59.0 cm³/mol. The summed E-state index contributed by atoms with van der Waals surface area (Å²) in [7, 11) is 0. The molecule has 3 rings (SSSR count). The molecular formula is C13H8O3. The molecule has 0 amide bonds. The van der Waals surface area contributed by atoms with Gasteiger partial charge in [0, 0.05) is 5.56 Å². The Kier molecular flexibility index (Phi) is 1.74. The molecule has 1 N–H and O–H groups in total. The van der Waals surface area contributed by atoms with Crippen LogP contribution in [-0.4, -0.2) is 10.9 Å². The topological polar surface area (TPSA) is 50.4 Å². The number of aromatic hydroxyl groups is 1. The van der Waals surface area contributed by atoms with Crippen LogP contribution in [0.1, 0.15) is 21.7 Å². The second-order valence-electron chi connectivity index (χ2n) is 3.64. The van der Waals surface area contributed by atoms with Gasteiger partial charge in [0.05, 0.1) is 11.8 Å². The zero-order valence-electron chi connectivity index (χ0n) is 8.31. The Balaban J connectivity index is 2.13. The van der Waals surface area contributed by atoms with Gasteiger partial charge in [0.15, 0.2) is 5.78 Å². The van der Waals surface area contributed by atoms with Crippen molar-refractivity contribution in [3.8, 4) is 5.75 Å². The maximum absolute atomic E-state index is 12.0. The number of rotatable bonds is 1. The third-order valence-electron chi connectivity index (χ3n) is 2.61. The summed E-state index contributed by atoms with van der Waals surface area (Å²) in [6.45, 7) is 0. The molecule has 2 aromatic rings. The van der Waals surface area contributed by atoms with Crippen LogP contribution >= 0.6 is 0 Å². The van der Waals surface area contributed by atoms with E-state index in [0.29, 0.717) is 16.9 Å². The molecule has 0 radical (unpaired) electrons. The maximum atomic E-state index is 12.0. The number of carbonyl (C=O) groups is 1. The van der Waals surface area contributed by atoms with E-state index in [2.05, 4.69) is 0 Å². The highest BCUT2D eigenvalue weighted by atomic mass is 16.3. The Morgan fingerprint density at radius 1 is 1.19 bits per heavy atom. The molecule has 3 heteroatoms. The molecular weight excluding hydrogens is 205 g/mol. The molecule has 1 heterocycles. The van der Waals surface area contributed by atoms with E-state index in [4.69, 9.17) is 4.42 Å². The van der Waals surface area contributed by atoms with Gasteiger partial charge < -0.3 is 9.52 Å². The largest absolute Gasteiger partial charge is 0.508 e. The van der Waals surface area contributed by atoms with Crippen molar-refractivity contribution >= 4 is 17.4 Å². The molecule has 78 valence electrons. The molecule has 0 bridgehead atoms. The number of ketones is 1. The fourth-order valence-corrected chi connectivity index (χ4v) is 1.85. The van der Waals surface area contributed by atoms with E-state index in [0.717, 1.165) is 5.56 Å². The Bertz CT molecular complexity index is 592. The first-order chi connectivity index (χ1) is 7.75. The molecule has 0 fully saturated rings. The highest BCUT2D eigenvalue weighted by Gasteiger charge is 2.25. The molecule has 1 aliphatic carbocycles. The molecule has 0 aliphatic heterocycles. The van der Waals surface area contributed by atoms with Crippen LogP contribution in [0, 0.1) is 0 Å². The van der Waals surface area contributed by atoms with Gasteiger partial charge in [-0.3, -0.25) is 4.79 Å². The summed E-state index contributed by atoms with van der Waals surface area (Å²) >= 11 is 0. The van der Waals surface area contributed by atoms with Crippen LogP contribution in [-0.2, 0) is 0 Å². The van der Waals surface area contributed by atoms with Gasteiger partial charge in [0.1, 0.15) is 11.5 Å². The van der Waals surface area contributed by atoms with Crippen LogP contribution in [0.3, 0.4) is 0 Å². The quantitative estimate of drug-likeness (QED) is 0.741. The molecule has 0 saturated carbocycles. The lowest BCUT2D eigenvalue weighted by Gasteiger charge is -1.98. The third kappa shape index (κ3) is 1.18. The molecule has 1 aliphatic rings. The molecule has 16 heavy (non-hydrogen) atoms. The lowest BCUT2D eigenvalue weighted by molar-refractivity contribution is 0.105. The van der Waals surface area contributed by atoms with E-state index in [1.807, 2.05) is 0 Å². The lowest BCUT2D eigenvalue weighted by Crippen LogP contribution is -1.96. The van der Waals surface area contributed by atoms with Crippen LogP contribution in [0.4, 0.5) is 0 Å². The first-order valence-electron chi connectivity index (χ1n) is 4.89. The standard InChI is InChI=1S/C13H8O3/c14-9-4-3-8-6-11(12-2-1-5-16-12)13(15)10(8)7-9/h1-7,14H/i13+1. The van der Waals surface area contributed by atoms with Gasteiger partial charge >= 0.3 is 0 Å². The summed E-state index contributed by atoms with van der Waals surface area (Å²) in [5, 5.41) is 9.33. The first-order valence-corrected chi connectivity index (χ1v) is 4.89. The van der Waals surface area contributed by atoms with Crippen LogP contribution in [0.15, 0.2) is 41.0 Å². The van der Waals surface area contributed by atoms with Crippen molar-refractivity contribution < 1.29 is 14.3 Å². The second-order valence-corrected chi connectivity index (χ2v) is 3.64. The molecule has 0 saturated heterocycles. The smallest absolute Gasteiger partial charge is 0.197 e. The van der Waals surface area contributed by atoms with E-state index >= 15 is 0 Å². The first kappa shape index (κ1) is 8.97. The van der Waals surface area contributed by atoms with Gasteiger partial charge in [-0.25, -0.2) is 0 Å². The van der Waals surface area contributed by atoms with Crippen molar-refractivity contribution in [2.24, 2.45) is 0 Å². The number of benzene rings is 1. The van der Waals surface area contributed by atoms with Crippen molar-refractivity contribution in [3.05, 3.63) is 53.5 Å². The van der Waals surface area contributed by atoms with Crippen LogP contribution in [0.2, 0.25) is 0 Å². The number of hydrogen-bond acceptors (Lipinski definition) is 3. The number of fused-ring (bicyclic) bond motifs is 1. The second kappa shape index (κ2) is 3.10. The highest BCUT2D eigenvalue weighted by Crippen LogP contribution is 2.33. The molecule has 0 spiro atoms.